The Bertz CT molecular complexity index is 1220. The van der Waals surface area contributed by atoms with Crippen molar-refractivity contribution in [2.45, 2.75) is 143 Å². The monoisotopic (exact) mass is 640 g/mol. The molecule has 0 saturated carbocycles. The summed E-state index contributed by atoms with van der Waals surface area (Å²) in [6.07, 6.45) is 8.39. The number of allylic oxidation sites excluding steroid dienone is 3. The second-order valence-electron chi connectivity index (χ2n) is 14.4. The third kappa shape index (κ3) is 12.1. The first kappa shape index (κ1) is 37.7. The van der Waals surface area contributed by atoms with Crippen LogP contribution >= 0.6 is 11.3 Å². The predicted octanol–water partition coefficient (Wildman–Crippen LogP) is 10.4. The van der Waals surface area contributed by atoms with E-state index in [0.717, 1.165) is 23.3 Å². The Labute approximate surface area is 272 Å². The normalized spacial score (nSPS) is 14.1. The first-order valence-electron chi connectivity index (χ1n) is 15.6. The number of hydrogen-bond donors (Lipinski definition) is 1. The van der Waals surface area contributed by atoms with Gasteiger partial charge in [-0.2, -0.15) is 0 Å². The summed E-state index contributed by atoms with van der Waals surface area (Å²) in [6.45, 7) is 28.6. The molecule has 0 amide bonds. The van der Waals surface area contributed by atoms with E-state index in [-0.39, 0.29) is 10.1 Å². The molecule has 4 nitrogen and oxygen atoms in total. The summed E-state index contributed by atoms with van der Waals surface area (Å²) in [5.41, 5.74) is 1.75. The molecule has 0 unspecified atom stereocenters. The highest BCUT2D eigenvalue weighted by Crippen LogP contribution is 2.40. The molecule has 0 aliphatic heterocycles. The number of thiophene rings is 1. The van der Waals surface area contributed by atoms with Crippen LogP contribution in [-0.2, 0) is 26.7 Å². The lowest BCUT2D eigenvalue weighted by molar-refractivity contribution is 0.0826. The highest BCUT2D eigenvalue weighted by molar-refractivity contribution is 7.13. The van der Waals surface area contributed by atoms with Crippen LogP contribution in [0.25, 0.3) is 5.57 Å². The van der Waals surface area contributed by atoms with Gasteiger partial charge in [-0.3, -0.25) is 0 Å². The minimum absolute atomic E-state index is 0.0802. The Morgan fingerprint density at radius 3 is 1.86 bits per heavy atom. The largest absolute Gasteiger partial charge is 0.488 e. The Morgan fingerprint density at radius 2 is 1.35 bits per heavy atom. The van der Waals surface area contributed by atoms with Crippen molar-refractivity contribution in [1.82, 2.24) is 0 Å². The zero-order valence-corrected chi connectivity index (χ0v) is 31.8. The highest BCUT2D eigenvalue weighted by Gasteiger charge is 2.34. The van der Waals surface area contributed by atoms with Crippen molar-refractivity contribution < 1.29 is 18.7 Å². The summed E-state index contributed by atoms with van der Waals surface area (Å²) < 4.78 is 19.5. The van der Waals surface area contributed by atoms with E-state index < -0.39 is 16.8 Å². The maximum atomic E-state index is 10.6. The summed E-state index contributed by atoms with van der Waals surface area (Å²) in [4.78, 5) is 2.40. The molecular weight excluding hydrogens is 585 g/mol. The predicted molar refractivity (Wildman–Crippen MR) is 187 cm³/mol. The molecule has 1 N–H and O–H groups in total. The minimum atomic E-state index is -0.737. The van der Waals surface area contributed by atoms with Crippen LogP contribution < -0.4 is 4.74 Å². The maximum Gasteiger partial charge on any atom is 0.236 e. The van der Waals surface area contributed by atoms with E-state index in [1.165, 1.54) is 15.3 Å². The first-order chi connectivity index (χ1) is 19.7. The van der Waals surface area contributed by atoms with E-state index in [1.54, 1.807) is 11.3 Å². The third-order valence-corrected chi connectivity index (χ3v) is 10.8. The zero-order chi connectivity index (χ0) is 32.7. The van der Waals surface area contributed by atoms with Crippen molar-refractivity contribution in [2.75, 3.05) is 0 Å². The molecule has 0 saturated heterocycles. The van der Waals surface area contributed by atoms with E-state index in [4.69, 9.17) is 13.6 Å². The molecule has 4 radical (unpaired) electrons. The zero-order valence-electron chi connectivity index (χ0n) is 29.0. The fourth-order valence-electron chi connectivity index (χ4n) is 4.29. The molecule has 0 fully saturated rings. The van der Waals surface area contributed by atoms with Gasteiger partial charge < -0.3 is 18.7 Å². The summed E-state index contributed by atoms with van der Waals surface area (Å²) in [5.74, 6) is 0.825. The fourth-order valence-corrected chi connectivity index (χ4v) is 6.65. The molecule has 238 valence electrons. The van der Waals surface area contributed by atoms with Crippen LogP contribution in [0.1, 0.15) is 130 Å². The summed E-state index contributed by atoms with van der Waals surface area (Å²) in [6, 6.07) is 10.7. The molecule has 2 aromatic rings. The highest BCUT2D eigenvalue weighted by atomic mass is 32.1. The molecule has 43 heavy (non-hydrogen) atoms. The van der Waals surface area contributed by atoms with Crippen LogP contribution in [0.2, 0.25) is 10.1 Å². The van der Waals surface area contributed by atoms with Crippen molar-refractivity contribution in [3.05, 3.63) is 69.4 Å². The number of ether oxygens (including phenoxy) is 1. The Morgan fingerprint density at radius 1 is 0.791 bits per heavy atom. The van der Waals surface area contributed by atoms with Crippen molar-refractivity contribution in [2.24, 2.45) is 0 Å². The molecule has 1 heterocycles. The van der Waals surface area contributed by atoms with Crippen LogP contribution in [0.3, 0.4) is 0 Å². The van der Waals surface area contributed by atoms with Gasteiger partial charge in [0.1, 0.15) is 12.4 Å². The topological polar surface area (TPSA) is 47.9 Å². The summed E-state index contributed by atoms with van der Waals surface area (Å²) in [5, 5.41) is 10.8. The summed E-state index contributed by atoms with van der Waals surface area (Å²) in [7, 11) is 0.734. The number of hydrogen-bond acceptors (Lipinski definition) is 5. The Balaban J connectivity index is 2.32. The quantitative estimate of drug-likeness (QED) is 0.155. The van der Waals surface area contributed by atoms with Gasteiger partial charge >= 0.3 is 0 Å². The molecule has 0 spiro atoms. The van der Waals surface area contributed by atoms with Gasteiger partial charge in [-0.25, -0.2) is 0 Å². The SMILES string of the molecule is CCC(=CC=CC(O)(CC)CC)c1ccc(COc2ccc(C(C)(C)O[Si]C(C)(C)C)c(C(C)(C)O[Si]C(C)(C)C)c2)s1. The second-order valence-corrected chi connectivity index (χ2v) is 19.4. The van der Waals surface area contributed by atoms with Crippen molar-refractivity contribution >= 4 is 36.4 Å². The molecule has 0 bridgehead atoms. The molecule has 7 heteroatoms. The molecule has 2 rings (SSSR count). The lowest BCUT2D eigenvalue weighted by Gasteiger charge is -2.37. The van der Waals surface area contributed by atoms with E-state index in [1.807, 2.05) is 26.0 Å². The van der Waals surface area contributed by atoms with Gasteiger partial charge in [-0.1, -0.05) is 86.6 Å². The summed E-state index contributed by atoms with van der Waals surface area (Å²) >= 11 is 1.76. The van der Waals surface area contributed by atoms with E-state index in [0.29, 0.717) is 39.0 Å². The van der Waals surface area contributed by atoms with E-state index in [2.05, 4.69) is 113 Å². The van der Waals surface area contributed by atoms with Gasteiger partial charge in [0.05, 0.1) is 16.8 Å². The standard InChI is InChI=1S/C36H56O4SSi2/c1-14-26(18-17-23-36(37,15-2)16-3)31-22-20-28(41-31)25-38-27-19-21-29(34(10,11)39-42-32(4,5)6)30(24-27)35(12,13)40-43-33(7,8)9/h17-24,37H,14-16,25H2,1-13H3. The van der Waals surface area contributed by atoms with Gasteiger partial charge in [-0.15, -0.1) is 11.3 Å². The van der Waals surface area contributed by atoms with Gasteiger partial charge in [0.25, 0.3) is 0 Å². The van der Waals surface area contributed by atoms with Crippen molar-refractivity contribution in [1.29, 1.82) is 0 Å². The van der Waals surface area contributed by atoms with Crippen LogP contribution in [0.5, 0.6) is 5.75 Å². The van der Waals surface area contributed by atoms with Crippen molar-refractivity contribution in [3.8, 4) is 5.75 Å². The number of rotatable bonds is 15. The smallest absolute Gasteiger partial charge is 0.236 e. The maximum absolute atomic E-state index is 10.6. The molecule has 0 aliphatic carbocycles. The molecule has 0 atom stereocenters. The lowest BCUT2D eigenvalue weighted by atomic mass is 9.85. The van der Waals surface area contributed by atoms with E-state index in [9.17, 15) is 5.11 Å². The van der Waals surface area contributed by atoms with Crippen LogP contribution in [0.4, 0.5) is 0 Å². The van der Waals surface area contributed by atoms with Gasteiger partial charge in [-0.05, 0) is 98.0 Å². The molecule has 0 aliphatic rings. The molecular formula is C36H56O4SSi2. The van der Waals surface area contributed by atoms with Crippen LogP contribution in [0, 0.1) is 0 Å². The minimum Gasteiger partial charge on any atom is -0.488 e. The Hall–Kier alpha value is -1.49. The second kappa shape index (κ2) is 15.2. The average molecular weight is 641 g/mol. The fraction of sp³-hybridized carbons (Fsp3) is 0.611. The lowest BCUT2D eigenvalue weighted by Crippen LogP contribution is -2.34. The molecule has 1 aromatic heterocycles. The van der Waals surface area contributed by atoms with E-state index >= 15 is 0 Å². The average Bonchev–Trinajstić information content (AvgIpc) is 3.40. The van der Waals surface area contributed by atoms with Gasteiger partial charge in [0, 0.05) is 9.75 Å². The van der Waals surface area contributed by atoms with Crippen LogP contribution in [-0.4, -0.2) is 30.2 Å². The van der Waals surface area contributed by atoms with Gasteiger partial charge in [0.2, 0.25) is 19.5 Å². The van der Waals surface area contributed by atoms with Gasteiger partial charge in [0.15, 0.2) is 0 Å². The van der Waals surface area contributed by atoms with Crippen LogP contribution in [0.15, 0.2) is 48.6 Å². The molecule has 1 aromatic carbocycles. The Kier molecular flexibility index (Phi) is 13.3. The van der Waals surface area contributed by atoms with Crippen molar-refractivity contribution in [3.63, 3.8) is 0 Å². The first-order valence-corrected chi connectivity index (χ1v) is 18.3. The number of benzene rings is 1. The third-order valence-electron chi connectivity index (χ3n) is 7.18. The number of aliphatic hydroxyl groups is 1.